The van der Waals surface area contributed by atoms with Crippen molar-refractivity contribution in [2.24, 2.45) is 5.41 Å². The quantitative estimate of drug-likeness (QED) is 0.552. The maximum atomic E-state index is 5.26. The monoisotopic (exact) mass is 272 g/mol. The molecular weight excluding hydrogens is 236 g/mol. The Kier molecular flexibility index (Phi) is 10.6. The van der Waals surface area contributed by atoms with Crippen LogP contribution in [0.5, 0.6) is 0 Å². The number of rotatable bonds is 12. The molecule has 0 fully saturated rings. The normalized spacial score (nSPS) is 16.6. The number of hydrogen-bond acceptors (Lipinski definition) is 3. The van der Waals surface area contributed by atoms with E-state index < -0.39 is 0 Å². The number of hydrogen-bond donors (Lipinski definition) is 1. The van der Waals surface area contributed by atoms with Gasteiger partial charge in [-0.3, -0.25) is 4.90 Å². The number of nitrogens with one attached hydrogen (secondary N) is 1. The van der Waals surface area contributed by atoms with E-state index in [-0.39, 0.29) is 0 Å². The van der Waals surface area contributed by atoms with E-state index in [4.69, 9.17) is 4.74 Å². The van der Waals surface area contributed by atoms with Gasteiger partial charge in [-0.25, -0.2) is 0 Å². The first kappa shape index (κ1) is 18.9. The summed E-state index contributed by atoms with van der Waals surface area (Å²) in [5.74, 6) is 0. The lowest BCUT2D eigenvalue weighted by Gasteiger charge is -2.38. The highest BCUT2D eigenvalue weighted by molar-refractivity contribution is 4.81. The van der Waals surface area contributed by atoms with Crippen LogP contribution in [0.2, 0.25) is 0 Å². The zero-order chi connectivity index (χ0) is 14.7. The van der Waals surface area contributed by atoms with Gasteiger partial charge >= 0.3 is 0 Å². The van der Waals surface area contributed by atoms with Gasteiger partial charge in [-0.2, -0.15) is 0 Å². The van der Waals surface area contributed by atoms with Crippen molar-refractivity contribution in [1.29, 1.82) is 0 Å². The lowest BCUT2D eigenvalue weighted by Crippen LogP contribution is -2.46. The minimum atomic E-state index is 0.354. The molecule has 0 saturated carbocycles. The van der Waals surface area contributed by atoms with Crippen molar-refractivity contribution in [3.8, 4) is 0 Å². The van der Waals surface area contributed by atoms with Crippen LogP contribution in [-0.2, 0) is 4.74 Å². The number of methoxy groups -OCH3 is 1. The Morgan fingerprint density at radius 1 is 1.26 bits per heavy atom. The van der Waals surface area contributed by atoms with Gasteiger partial charge in [0, 0.05) is 32.8 Å². The second-order valence-electron chi connectivity index (χ2n) is 6.06. The van der Waals surface area contributed by atoms with Gasteiger partial charge in [0.05, 0.1) is 6.61 Å². The molecule has 0 bridgehead atoms. The van der Waals surface area contributed by atoms with Crippen molar-refractivity contribution < 1.29 is 4.74 Å². The highest BCUT2D eigenvalue weighted by atomic mass is 16.5. The molecule has 0 radical (unpaired) electrons. The first-order chi connectivity index (χ1) is 9.02. The molecule has 0 aliphatic rings. The van der Waals surface area contributed by atoms with Crippen molar-refractivity contribution in [3.63, 3.8) is 0 Å². The lowest BCUT2D eigenvalue weighted by atomic mass is 9.86. The Morgan fingerprint density at radius 2 is 1.95 bits per heavy atom. The number of nitrogens with zero attached hydrogens (tertiary/aromatic N) is 1. The summed E-state index contributed by atoms with van der Waals surface area (Å²) in [5, 5.41) is 3.59. The van der Waals surface area contributed by atoms with E-state index in [2.05, 4.69) is 44.8 Å². The molecule has 0 amide bonds. The van der Waals surface area contributed by atoms with Gasteiger partial charge < -0.3 is 10.1 Å². The molecule has 0 aliphatic heterocycles. The van der Waals surface area contributed by atoms with Crippen molar-refractivity contribution in [3.05, 3.63) is 0 Å². The van der Waals surface area contributed by atoms with Crippen molar-refractivity contribution in [2.45, 2.75) is 59.9 Å². The van der Waals surface area contributed by atoms with Crippen LogP contribution in [0, 0.1) is 5.41 Å². The third kappa shape index (κ3) is 7.91. The molecule has 2 atom stereocenters. The molecular formula is C16H36N2O. The molecule has 3 nitrogen and oxygen atoms in total. The predicted octanol–water partition coefficient (Wildman–Crippen LogP) is 3.15. The van der Waals surface area contributed by atoms with E-state index in [0.29, 0.717) is 11.5 Å². The third-order valence-corrected chi connectivity index (χ3v) is 4.21. The van der Waals surface area contributed by atoms with Gasteiger partial charge in [0.15, 0.2) is 0 Å². The first-order valence-corrected chi connectivity index (χ1v) is 7.96. The van der Waals surface area contributed by atoms with Crippen molar-refractivity contribution in [1.82, 2.24) is 10.2 Å². The van der Waals surface area contributed by atoms with Crippen LogP contribution in [-0.4, -0.2) is 50.8 Å². The molecule has 19 heavy (non-hydrogen) atoms. The van der Waals surface area contributed by atoms with Crippen LogP contribution in [0.25, 0.3) is 0 Å². The standard InChI is InChI=1S/C16H36N2O/c1-7-10-17-13-16(5,9-3)14-18(11-12-19-6)15(4)8-2/h15,17H,7-14H2,1-6H3. The second kappa shape index (κ2) is 10.6. The molecule has 3 heteroatoms. The van der Waals surface area contributed by atoms with Gasteiger partial charge in [0.2, 0.25) is 0 Å². The first-order valence-electron chi connectivity index (χ1n) is 7.96. The Labute approximate surface area is 121 Å². The average Bonchev–Trinajstić information content (AvgIpc) is 2.43. The van der Waals surface area contributed by atoms with Crippen molar-refractivity contribution in [2.75, 3.05) is 39.9 Å². The summed E-state index contributed by atoms with van der Waals surface area (Å²) in [6, 6.07) is 0.632. The molecule has 0 aromatic rings. The predicted molar refractivity (Wildman–Crippen MR) is 84.8 cm³/mol. The highest BCUT2D eigenvalue weighted by Gasteiger charge is 2.26. The fourth-order valence-electron chi connectivity index (χ4n) is 2.27. The molecule has 0 aromatic carbocycles. The summed E-state index contributed by atoms with van der Waals surface area (Å²) in [4.78, 5) is 2.58. The third-order valence-electron chi connectivity index (χ3n) is 4.21. The molecule has 116 valence electrons. The smallest absolute Gasteiger partial charge is 0.0589 e. The Morgan fingerprint density at radius 3 is 2.42 bits per heavy atom. The summed E-state index contributed by atoms with van der Waals surface area (Å²) >= 11 is 0. The minimum Gasteiger partial charge on any atom is -0.383 e. The van der Waals surface area contributed by atoms with E-state index in [9.17, 15) is 0 Å². The average molecular weight is 272 g/mol. The Bertz CT molecular complexity index is 211. The summed E-state index contributed by atoms with van der Waals surface area (Å²) in [5.41, 5.74) is 0.354. The van der Waals surface area contributed by atoms with Crippen LogP contribution in [0.3, 0.4) is 0 Å². The molecule has 0 saturated heterocycles. The molecule has 1 N–H and O–H groups in total. The van der Waals surface area contributed by atoms with E-state index in [1.54, 1.807) is 7.11 Å². The molecule has 2 unspecified atom stereocenters. The van der Waals surface area contributed by atoms with Gasteiger partial charge in [-0.15, -0.1) is 0 Å². The maximum Gasteiger partial charge on any atom is 0.0589 e. The Hall–Kier alpha value is -0.120. The second-order valence-corrected chi connectivity index (χ2v) is 6.06. The van der Waals surface area contributed by atoms with E-state index in [1.807, 2.05) is 0 Å². The summed E-state index contributed by atoms with van der Waals surface area (Å²) in [6.07, 6.45) is 3.62. The highest BCUT2D eigenvalue weighted by Crippen LogP contribution is 2.23. The largest absolute Gasteiger partial charge is 0.383 e. The van der Waals surface area contributed by atoms with Crippen LogP contribution in [0.15, 0.2) is 0 Å². The van der Waals surface area contributed by atoms with Gasteiger partial charge in [-0.1, -0.05) is 27.7 Å². The lowest BCUT2D eigenvalue weighted by molar-refractivity contribution is 0.0812. The van der Waals surface area contributed by atoms with Gasteiger partial charge in [-0.05, 0) is 38.1 Å². The summed E-state index contributed by atoms with van der Waals surface area (Å²) in [7, 11) is 1.79. The zero-order valence-electron chi connectivity index (χ0n) is 14.1. The molecule has 0 rings (SSSR count). The molecule has 0 heterocycles. The minimum absolute atomic E-state index is 0.354. The van der Waals surface area contributed by atoms with Crippen LogP contribution in [0.1, 0.15) is 53.9 Å². The van der Waals surface area contributed by atoms with Crippen LogP contribution in [0.4, 0.5) is 0 Å². The Balaban J connectivity index is 4.46. The fraction of sp³-hybridized carbons (Fsp3) is 1.00. The number of ether oxygens (including phenoxy) is 1. The SMILES string of the molecule is CCCNCC(C)(CC)CN(CCOC)C(C)CC. The maximum absolute atomic E-state index is 5.26. The van der Waals surface area contributed by atoms with Gasteiger partial charge in [0.25, 0.3) is 0 Å². The molecule has 0 spiro atoms. The zero-order valence-corrected chi connectivity index (χ0v) is 14.1. The molecule has 0 aromatic heterocycles. The van der Waals surface area contributed by atoms with Crippen LogP contribution >= 0.6 is 0 Å². The molecule has 0 aliphatic carbocycles. The van der Waals surface area contributed by atoms with Gasteiger partial charge in [0.1, 0.15) is 0 Å². The van der Waals surface area contributed by atoms with E-state index in [1.165, 1.54) is 19.3 Å². The summed E-state index contributed by atoms with van der Waals surface area (Å²) in [6.45, 7) is 16.8. The van der Waals surface area contributed by atoms with Crippen LogP contribution < -0.4 is 5.32 Å². The van der Waals surface area contributed by atoms with E-state index >= 15 is 0 Å². The summed E-state index contributed by atoms with van der Waals surface area (Å²) < 4.78 is 5.26. The fourth-order valence-corrected chi connectivity index (χ4v) is 2.27. The van der Waals surface area contributed by atoms with E-state index in [0.717, 1.165) is 32.8 Å². The van der Waals surface area contributed by atoms with Crippen molar-refractivity contribution >= 4 is 0 Å². The topological polar surface area (TPSA) is 24.5 Å².